The molecule has 44 heavy (non-hydrogen) atoms. The van der Waals surface area contributed by atoms with Crippen molar-refractivity contribution >= 4 is 70.3 Å². The topological polar surface area (TPSA) is 46.6 Å². The summed E-state index contributed by atoms with van der Waals surface area (Å²) in [5, 5.41) is 7.59. The Labute approximate surface area is 251 Å². The number of para-hydroxylation sites is 2. The van der Waals surface area contributed by atoms with Crippen molar-refractivity contribution in [3.8, 4) is 5.75 Å². The van der Waals surface area contributed by atoms with Crippen LogP contribution in [0.4, 0.5) is 30.2 Å². The number of rotatable bonds is 5. The van der Waals surface area contributed by atoms with Gasteiger partial charge in [0.2, 0.25) is 0 Å². The number of anilines is 3. The van der Waals surface area contributed by atoms with Crippen LogP contribution >= 0.6 is 0 Å². The quantitative estimate of drug-likeness (QED) is 0.111. The third kappa shape index (κ3) is 4.68. The van der Waals surface area contributed by atoms with Gasteiger partial charge < -0.3 is 9.08 Å². The van der Waals surface area contributed by atoms with Crippen molar-refractivity contribution < 1.29 is 25.8 Å². The van der Waals surface area contributed by atoms with Crippen molar-refractivity contribution in [2.24, 2.45) is 0 Å². The van der Waals surface area contributed by atoms with E-state index in [0.29, 0.717) is 5.39 Å². The van der Waals surface area contributed by atoms with Crippen molar-refractivity contribution in [3.05, 3.63) is 133 Å². The predicted octanol–water partition coefficient (Wildman–Crippen LogP) is 10.3. The maximum atomic E-state index is 12.9. The fraction of sp³-hybridized carbons (Fsp3) is 0.0556. The summed E-state index contributed by atoms with van der Waals surface area (Å²) >= 11 is 0. The summed E-state index contributed by atoms with van der Waals surface area (Å²) < 4.78 is 66.1. The van der Waals surface area contributed by atoms with E-state index in [4.69, 9.17) is 0 Å². The average Bonchev–Trinajstić information content (AvgIpc) is 3.01. The summed E-state index contributed by atoms with van der Waals surface area (Å²) in [7, 11) is -5.77. The number of fused-ring (bicyclic) bond motifs is 7. The van der Waals surface area contributed by atoms with Crippen LogP contribution in [0.3, 0.4) is 0 Å². The lowest BCUT2D eigenvalue weighted by atomic mass is 9.91. The van der Waals surface area contributed by atoms with Crippen molar-refractivity contribution in [2.75, 3.05) is 4.90 Å². The molecule has 0 atom stereocenters. The van der Waals surface area contributed by atoms with E-state index in [1.54, 1.807) is 6.07 Å². The first kappa shape index (κ1) is 27.7. The third-order valence-electron chi connectivity index (χ3n) is 7.86. The van der Waals surface area contributed by atoms with Crippen LogP contribution in [0.15, 0.2) is 127 Å². The molecule has 7 rings (SSSR count). The van der Waals surface area contributed by atoms with E-state index < -0.39 is 21.4 Å². The number of alkyl halides is 3. The maximum Gasteiger partial charge on any atom is 0.534 e. The number of halogens is 3. The molecule has 8 heteroatoms. The molecule has 0 unspecified atom stereocenters. The maximum absolute atomic E-state index is 12.9. The molecule has 7 aromatic carbocycles. The van der Waals surface area contributed by atoms with Gasteiger partial charge in [-0.3, -0.25) is 0 Å². The van der Waals surface area contributed by atoms with Crippen LogP contribution in [0.25, 0.3) is 43.1 Å². The fourth-order valence-electron chi connectivity index (χ4n) is 5.96. The summed E-state index contributed by atoms with van der Waals surface area (Å²) in [6.07, 6.45) is 0. The Balaban J connectivity index is 1.36. The number of hydrogen-bond donors (Lipinski definition) is 0. The minimum atomic E-state index is -5.77. The van der Waals surface area contributed by atoms with Gasteiger partial charge in [-0.25, -0.2) is 0 Å². The van der Waals surface area contributed by atoms with Gasteiger partial charge in [-0.1, -0.05) is 78.9 Å². The fourth-order valence-corrected chi connectivity index (χ4v) is 6.41. The molecule has 7 aromatic rings. The van der Waals surface area contributed by atoms with E-state index in [0.717, 1.165) is 60.3 Å². The lowest BCUT2D eigenvalue weighted by Crippen LogP contribution is -2.28. The van der Waals surface area contributed by atoms with E-state index in [9.17, 15) is 21.6 Å². The molecule has 0 spiro atoms. The molecular weight excluding hydrogens is 583 g/mol. The Morgan fingerprint density at radius 3 is 1.77 bits per heavy atom. The standard InChI is InChI=1S/C36H24F3NO3S/c1-23-20-25-22-29(43-44(41,42)36(37,38)39)14-17-31(25)33-19-18-32-30-16-13-28(21-24(30)12-15-34(32)35(23)33)40(26-8-4-2-5-9-26)27-10-6-3-7-11-27/h2-22H,1H3. The average molecular weight is 608 g/mol. The van der Waals surface area contributed by atoms with Gasteiger partial charge in [-0.2, -0.15) is 21.6 Å². The monoisotopic (exact) mass is 607 g/mol. The molecule has 0 radical (unpaired) electrons. The number of benzene rings is 7. The molecule has 218 valence electrons. The molecule has 0 amide bonds. The van der Waals surface area contributed by atoms with Crippen LogP contribution in [-0.2, 0) is 10.1 Å². The molecule has 0 aliphatic heterocycles. The van der Waals surface area contributed by atoms with Crippen LogP contribution in [0.1, 0.15) is 5.56 Å². The summed E-state index contributed by atoms with van der Waals surface area (Å²) in [5.41, 5.74) is -1.47. The summed E-state index contributed by atoms with van der Waals surface area (Å²) in [5.74, 6) is -0.392. The zero-order chi connectivity index (χ0) is 30.6. The minimum absolute atomic E-state index is 0.392. The van der Waals surface area contributed by atoms with E-state index in [1.807, 2.05) is 55.5 Å². The molecule has 0 saturated heterocycles. The van der Waals surface area contributed by atoms with Gasteiger partial charge in [-0.15, -0.1) is 0 Å². The number of aryl methyl sites for hydroxylation is 1. The smallest absolute Gasteiger partial charge is 0.376 e. The Morgan fingerprint density at radius 1 is 0.568 bits per heavy atom. The largest absolute Gasteiger partial charge is 0.534 e. The van der Waals surface area contributed by atoms with Gasteiger partial charge in [0.25, 0.3) is 0 Å². The summed E-state index contributed by atoms with van der Waals surface area (Å²) in [4.78, 5) is 2.22. The third-order valence-corrected chi connectivity index (χ3v) is 8.84. The predicted molar refractivity (Wildman–Crippen MR) is 171 cm³/mol. The highest BCUT2D eigenvalue weighted by atomic mass is 32.2. The first-order valence-corrected chi connectivity index (χ1v) is 15.3. The van der Waals surface area contributed by atoms with E-state index in [-0.39, 0.29) is 0 Å². The Morgan fingerprint density at radius 2 is 1.11 bits per heavy atom. The Kier molecular flexibility index (Phi) is 6.48. The zero-order valence-corrected chi connectivity index (χ0v) is 24.2. The van der Waals surface area contributed by atoms with Gasteiger partial charge in [0.1, 0.15) is 5.75 Å². The number of hydrogen-bond acceptors (Lipinski definition) is 4. The van der Waals surface area contributed by atoms with Crippen molar-refractivity contribution in [3.63, 3.8) is 0 Å². The second-order valence-corrected chi connectivity index (χ2v) is 12.2. The SMILES string of the molecule is Cc1cc2cc(OS(=O)(=O)C(F)(F)F)ccc2c2ccc3c4ccc(N(c5ccccc5)c5ccccc5)cc4ccc3c12. The van der Waals surface area contributed by atoms with Crippen molar-refractivity contribution in [1.82, 2.24) is 0 Å². The highest BCUT2D eigenvalue weighted by Crippen LogP contribution is 2.41. The van der Waals surface area contributed by atoms with Gasteiger partial charge in [0.15, 0.2) is 0 Å². The highest BCUT2D eigenvalue weighted by Gasteiger charge is 2.48. The van der Waals surface area contributed by atoms with Crippen LogP contribution in [0, 0.1) is 6.92 Å². The Bertz CT molecular complexity index is 2280. The molecule has 0 aromatic heterocycles. The summed E-state index contributed by atoms with van der Waals surface area (Å²) in [6, 6.07) is 41.2. The first-order chi connectivity index (χ1) is 21.1. The second kappa shape index (κ2) is 10.3. The highest BCUT2D eigenvalue weighted by molar-refractivity contribution is 7.88. The van der Waals surface area contributed by atoms with E-state index in [2.05, 4.69) is 69.7 Å². The molecule has 4 nitrogen and oxygen atoms in total. The van der Waals surface area contributed by atoms with Crippen LogP contribution in [0.5, 0.6) is 5.75 Å². The molecule has 0 aliphatic rings. The van der Waals surface area contributed by atoms with Crippen molar-refractivity contribution in [2.45, 2.75) is 12.4 Å². The van der Waals surface area contributed by atoms with Gasteiger partial charge >= 0.3 is 15.6 Å². The molecule has 0 bridgehead atoms. The second-order valence-electron chi connectivity index (χ2n) is 10.6. The lowest BCUT2D eigenvalue weighted by Gasteiger charge is -2.26. The molecule has 0 saturated carbocycles. The first-order valence-electron chi connectivity index (χ1n) is 13.8. The van der Waals surface area contributed by atoms with Crippen LogP contribution in [0.2, 0.25) is 0 Å². The zero-order valence-electron chi connectivity index (χ0n) is 23.3. The number of nitrogens with zero attached hydrogens (tertiary/aromatic N) is 1. The molecule has 0 N–H and O–H groups in total. The molecular formula is C36H24F3NO3S. The van der Waals surface area contributed by atoms with Gasteiger partial charge in [0, 0.05) is 17.1 Å². The minimum Gasteiger partial charge on any atom is -0.376 e. The molecule has 0 aliphatic carbocycles. The van der Waals surface area contributed by atoms with Gasteiger partial charge in [-0.05, 0) is 104 Å². The van der Waals surface area contributed by atoms with Crippen LogP contribution in [-0.4, -0.2) is 13.9 Å². The molecule has 0 fully saturated rings. The van der Waals surface area contributed by atoms with Crippen molar-refractivity contribution in [1.29, 1.82) is 0 Å². The molecule has 0 heterocycles. The van der Waals surface area contributed by atoms with Gasteiger partial charge in [0.05, 0.1) is 0 Å². The summed E-state index contributed by atoms with van der Waals surface area (Å²) in [6.45, 7) is 1.94. The van der Waals surface area contributed by atoms with E-state index >= 15 is 0 Å². The van der Waals surface area contributed by atoms with Crippen LogP contribution < -0.4 is 9.08 Å². The van der Waals surface area contributed by atoms with E-state index in [1.165, 1.54) is 12.1 Å². The lowest BCUT2D eigenvalue weighted by molar-refractivity contribution is -0.0500. The Hall–Kier alpha value is -5.08. The normalized spacial score (nSPS) is 12.3.